The predicted molar refractivity (Wildman–Crippen MR) is 110 cm³/mol. The quantitative estimate of drug-likeness (QED) is 0.399. The van der Waals surface area contributed by atoms with Gasteiger partial charge in [0.15, 0.2) is 5.16 Å². The average molecular weight is 396 g/mol. The minimum atomic E-state index is -0.175. The SMILES string of the molecule is COc1ccc(C)cc1-n1c(=O)c2ccccc2n2c(SCCCO)nnc12. The standard InChI is InChI=1S/C20H20N4O3S/c1-13-8-9-17(27-2)16(12-13)23-18(26)14-6-3-4-7-15(14)24-19(23)21-22-20(24)28-11-5-10-25/h3-4,6-9,12,25H,5,10-11H2,1-2H3. The molecule has 0 atom stereocenters. The number of aliphatic hydroxyl groups excluding tert-OH is 1. The van der Waals surface area contributed by atoms with Gasteiger partial charge in [0.1, 0.15) is 5.75 Å². The summed E-state index contributed by atoms with van der Waals surface area (Å²) in [6.45, 7) is 2.09. The van der Waals surface area contributed by atoms with E-state index in [0.717, 1.165) is 11.1 Å². The third-order valence-corrected chi connectivity index (χ3v) is 5.52. The molecule has 0 bridgehead atoms. The number of para-hydroxylation sites is 1. The zero-order chi connectivity index (χ0) is 19.7. The first kappa shape index (κ1) is 18.5. The molecule has 0 aliphatic heterocycles. The number of fused-ring (bicyclic) bond motifs is 3. The minimum absolute atomic E-state index is 0.121. The van der Waals surface area contributed by atoms with Gasteiger partial charge in [-0.2, -0.15) is 0 Å². The van der Waals surface area contributed by atoms with E-state index in [4.69, 9.17) is 9.84 Å². The van der Waals surface area contributed by atoms with Crippen LogP contribution >= 0.6 is 11.8 Å². The number of hydrogen-bond acceptors (Lipinski definition) is 6. The van der Waals surface area contributed by atoms with Crippen molar-refractivity contribution in [1.82, 2.24) is 19.2 Å². The molecule has 2 aromatic heterocycles. The molecule has 1 N–H and O–H groups in total. The van der Waals surface area contributed by atoms with Crippen molar-refractivity contribution >= 4 is 28.4 Å². The number of thioether (sulfide) groups is 1. The number of methoxy groups -OCH3 is 1. The van der Waals surface area contributed by atoms with E-state index in [1.165, 1.54) is 11.8 Å². The Kier molecular flexibility index (Phi) is 5.06. The number of benzene rings is 2. The zero-order valence-corrected chi connectivity index (χ0v) is 16.4. The largest absolute Gasteiger partial charge is 0.495 e. The van der Waals surface area contributed by atoms with Crippen molar-refractivity contribution in [3.05, 3.63) is 58.4 Å². The Morgan fingerprint density at radius 3 is 2.79 bits per heavy atom. The predicted octanol–water partition coefficient (Wildman–Crippen LogP) is 2.82. The Morgan fingerprint density at radius 1 is 1.18 bits per heavy atom. The second-order valence-corrected chi connectivity index (χ2v) is 7.44. The Balaban J connectivity index is 2.08. The summed E-state index contributed by atoms with van der Waals surface area (Å²) < 4.78 is 8.95. The molecule has 0 amide bonds. The van der Waals surface area contributed by atoms with Crippen LogP contribution in [0.15, 0.2) is 52.4 Å². The Bertz CT molecular complexity index is 1220. The number of aromatic nitrogens is 4. The normalized spacial score (nSPS) is 11.4. The summed E-state index contributed by atoms with van der Waals surface area (Å²) in [6, 6.07) is 13.1. The molecule has 0 aliphatic rings. The third-order valence-electron chi connectivity index (χ3n) is 4.50. The molecular weight excluding hydrogens is 376 g/mol. The average Bonchev–Trinajstić information content (AvgIpc) is 3.12. The molecule has 0 saturated carbocycles. The number of rotatable bonds is 6. The fourth-order valence-corrected chi connectivity index (χ4v) is 4.06. The topological polar surface area (TPSA) is 81.7 Å². The van der Waals surface area contributed by atoms with Crippen LogP contribution in [0.25, 0.3) is 22.4 Å². The Morgan fingerprint density at radius 2 is 2.00 bits per heavy atom. The molecule has 8 heteroatoms. The van der Waals surface area contributed by atoms with Crippen LogP contribution in [-0.4, -0.2) is 43.7 Å². The number of nitrogens with zero attached hydrogens (tertiary/aromatic N) is 4. The highest BCUT2D eigenvalue weighted by Crippen LogP contribution is 2.28. The van der Waals surface area contributed by atoms with Crippen LogP contribution in [0.3, 0.4) is 0 Å². The molecule has 4 aromatic rings. The first-order valence-electron chi connectivity index (χ1n) is 8.93. The summed E-state index contributed by atoms with van der Waals surface area (Å²) in [7, 11) is 1.58. The lowest BCUT2D eigenvalue weighted by atomic mass is 10.2. The van der Waals surface area contributed by atoms with Gasteiger partial charge < -0.3 is 9.84 Å². The van der Waals surface area contributed by atoms with Crippen molar-refractivity contribution in [2.24, 2.45) is 0 Å². The lowest BCUT2D eigenvalue weighted by Gasteiger charge is -2.14. The Labute approximate surface area is 165 Å². The van der Waals surface area contributed by atoms with Gasteiger partial charge in [-0.25, -0.2) is 4.57 Å². The Hall–Kier alpha value is -2.84. The van der Waals surface area contributed by atoms with Gasteiger partial charge in [0, 0.05) is 12.4 Å². The van der Waals surface area contributed by atoms with Crippen LogP contribution in [0.5, 0.6) is 5.75 Å². The fourth-order valence-electron chi connectivity index (χ4n) is 3.19. The maximum absolute atomic E-state index is 13.4. The van der Waals surface area contributed by atoms with Crippen molar-refractivity contribution in [2.75, 3.05) is 19.5 Å². The summed E-state index contributed by atoms with van der Waals surface area (Å²) in [6.07, 6.45) is 0.656. The molecule has 2 heterocycles. The smallest absolute Gasteiger partial charge is 0.267 e. The van der Waals surface area contributed by atoms with Crippen molar-refractivity contribution < 1.29 is 9.84 Å². The molecule has 0 aliphatic carbocycles. The summed E-state index contributed by atoms with van der Waals surface area (Å²) in [5.74, 6) is 1.72. The first-order valence-corrected chi connectivity index (χ1v) is 9.92. The fraction of sp³-hybridized carbons (Fsp3) is 0.250. The molecule has 0 fully saturated rings. The molecule has 2 aromatic carbocycles. The molecule has 7 nitrogen and oxygen atoms in total. The molecule has 0 saturated heterocycles. The van der Waals surface area contributed by atoms with Crippen molar-refractivity contribution in [3.8, 4) is 11.4 Å². The maximum atomic E-state index is 13.4. The van der Waals surface area contributed by atoms with Gasteiger partial charge >= 0.3 is 0 Å². The van der Waals surface area contributed by atoms with E-state index in [2.05, 4.69) is 10.2 Å². The second-order valence-electron chi connectivity index (χ2n) is 6.38. The molecule has 28 heavy (non-hydrogen) atoms. The summed E-state index contributed by atoms with van der Waals surface area (Å²) in [5.41, 5.74) is 2.21. The van der Waals surface area contributed by atoms with Gasteiger partial charge in [-0.05, 0) is 43.2 Å². The zero-order valence-electron chi connectivity index (χ0n) is 15.6. The van der Waals surface area contributed by atoms with E-state index in [0.29, 0.717) is 39.9 Å². The van der Waals surface area contributed by atoms with Crippen LogP contribution in [0.1, 0.15) is 12.0 Å². The highest BCUT2D eigenvalue weighted by atomic mass is 32.2. The van der Waals surface area contributed by atoms with Gasteiger partial charge in [-0.15, -0.1) is 10.2 Å². The van der Waals surface area contributed by atoms with Crippen LogP contribution in [0.2, 0.25) is 0 Å². The van der Waals surface area contributed by atoms with E-state index < -0.39 is 0 Å². The third kappa shape index (κ3) is 3.04. The first-order chi connectivity index (χ1) is 13.7. The lowest BCUT2D eigenvalue weighted by Crippen LogP contribution is -2.22. The van der Waals surface area contributed by atoms with Crippen LogP contribution in [-0.2, 0) is 0 Å². The number of aliphatic hydroxyl groups is 1. The molecule has 0 spiro atoms. The number of hydrogen-bond donors (Lipinski definition) is 1. The van der Waals surface area contributed by atoms with Gasteiger partial charge in [0.25, 0.3) is 5.56 Å². The van der Waals surface area contributed by atoms with E-state index in [1.807, 2.05) is 47.7 Å². The van der Waals surface area contributed by atoms with Crippen LogP contribution in [0.4, 0.5) is 0 Å². The molecule has 0 radical (unpaired) electrons. The van der Waals surface area contributed by atoms with Gasteiger partial charge in [0.05, 0.1) is 23.7 Å². The van der Waals surface area contributed by atoms with Gasteiger partial charge in [-0.1, -0.05) is 30.0 Å². The van der Waals surface area contributed by atoms with E-state index in [1.54, 1.807) is 17.7 Å². The maximum Gasteiger partial charge on any atom is 0.267 e. The van der Waals surface area contributed by atoms with Crippen LogP contribution < -0.4 is 10.3 Å². The lowest BCUT2D eigenvalue weighted by molar-refractivity contribution is 0.296. The molecular formula is C20H20N4O3S. The second kappa shape index (κ2) is 7.65. The summed E-state index contributed by atoms with van der Waals surface area (Å²) in [4.78, 5) is 13.4. The summed E-state index contributed by atoms with van der Waals surface area (Å²) >= 11 is 1.50. The van der Waals surface area contributed by atoms with E-state index >= 15 is 0 Å². The van der Waals surface area contributed by atoms with E-state index in [9.17, 15) is 4.79 Å². The number of aryl methyl sites for hydroxylation is 1. The van der Waals surface area contributed by atoms with E-state index in [-0.39, 0.29) is 12.2 Å². The molecule has 0 unspecified atom stereocenters. The van der Waals surface area contributed by atoms with Crippen molar-refractivity contribution in [2.45, 2.75) is 18.5 Å². The van der Waals surface area contributed by atoms with Gasteiger partial charge in [0.2, 0.25) is 5.78 Å². The van der Waals surface area contributed by atoms with Crippen molar-refractivity contribution in [3.63, 3.8) is 0 Å². The van der Waals surface area contributed by atoms with Gasteiger partial charge in [-0.3, -0.25) is 9.20 Å². The molecule has 144 valence electrons. The molecule has 4 rings (SSSR count). The monoisotopic (exact) mass is 396 g/mol. The highest BCUT2D eigenvalue weighted by molar-refractivity contribution is 7.99. The minimum Gasteiger partial charge on any atom is -0.495 e. The summed E-state index contributed by atoms with van der Waals surface area (Å²) in [5, 5.41) is 19.0. The highest BCUT2D eigenvalue weighted by Gasteiger charge is 2.19. The number of ether oxygens (including phenoxy) is 1. The van der Waals surface area contributed by atoms with Crippen LogP contribution in [0, 0.1) is 6.92 Å². The van der Waals surface area contributed by atoms with Crippen molar-refractivity contribution in [1.29, 1.82) is 0 Å².